The SMILES string of the molecule is CCOCCOCc1cccc(NC(=O)C(C)CN)c1. The molecule has 0 aliphatic carbocycles. The molecule has 0 saturated heterocycles. The fraction of sp³-hybridized carbons (Fsp3) is 0.533. The summed E-state index contributed by atoms with van der Waals surface area (Å²) in [6, 6.07) is 7.61. The van der Waals surface area contributed by atoms with Crippen LogP contribution >= 0.6 is 0 Å². The van der Waals surface area contributed by atoms with Crippen molar-refractivity contribution in [1.29, 1.82) is 0 Å². The molecule has 5 nitrogen and oxygen atoms in total. The topological polar surface area (TPSA) is 73.6 Å². The number of amides is 1. The highest BCUT2D eigenvalue weighted by Crippen LogP contribution is 2.12. The summed E-state index contributed by atoms with van der Waals surface area (Å²) >= 11 is 0. The lowest BCUT2D eigenvalue weighted by Gasteiger charge is -2.11. The highest BCUT2D eigenvalue weighted by molar-refractivity contribution is 5.92. The number of hydrogen-bond donors (Lipinski definition) is 2. The van der Waals surface area contributed by atoms with Gasteiger partial charge >= 0.3 is 0 Å². The molecule has 20 heavy (non-hydrogen) atoms. The van der Waals surface area contributed by atoms with Gasteiger partial charge in [-0.1, -0.05) is 19.1 Å². The van der Waals surface area contributed by atoms with E-state index in [1.54, 1.807) is 6.92 Å². The Bertz CT molecular complexity index is 410. The van der Waals surface area contributed by atoms with E-state index in [2.05, 4.69) is 5.32 Å². The molecule has 0 bridgehead atoms. The number of nitrogens with two attached hydrogens (primary N) is 1. The van der Waals surface area contributed by atoms with Gasteiger partial charge in [-0.25, -0.2) is 0 Å². The standard InChI is InChI=1S/C15H24N2O3/c1-3-19-7-8-20-11-13-5-4-6-14(9-13)17-15(18)12(2)10-16/h4-6,9,12H,3,7-8,10-11,16H2,1-2H3,(H,17,18). The first-order chi connectivity index (χ1) is 9.67. The lowest BCUT2D eigenvalue weighted by Crippen LogP contribution is -2.26. The van der Waals surface area contributed by atoms with Crippen molar-refractivity contribution in [3.8, 4) is 0 Å². The molecule has 0 radical (unpaired) electrons. The second kappa shape index (κ2) is 9.47. The second-order valence-corrected chi connectivity index (χ2v) is 4.58. The first-order valence-electron chi connectivity index (χ1n) is 6.92. The molecule has 1 amide bonds. The van der Waals surface area contributed by atoms with Gasteiger partial charge in [-0.15, -0.1) is 0 Å². The van der Waals surface area contributed by atoms with Crippen LogP contribution in [0.3, 0.4) is 0 Å². The average Bonchev–Trinajstić information content (AvgIpc) is 2.46. The molecule has 3 N–H and O–H groups in total. The Hall–Kier alpha value is -1.43. The van der Waals surface area contributed by atoms with Crippen LogP contribution in [0.1, 0.15) is 19.4 Å². The zero-order valence-corrected chi connectivity index (χ0v) is 12.2. The van der Waals surface area contributed by atoms with Crippen molar-refractivity contribution in [2.45, 2.75) is 20.5 Å². The van der Waals surface area contributed by atoms with Gasteiger partial charge in [-0.05, 0) is 24.6 Å². The average molecular weight is 280 g/mol. The predicted octanol–water partition coefficient (Wildman–Crippen LogP) is 1.77. The molecule has 112 valence electrons. The normalized spacial score (nSPS) is 12.2. The van der Waals surface area contributed by atoms with E-state index in [9.17, 15) is 4.79 Å². The third-order valence-corrected chi connectivity index (χ3v) is 2.84. The molecule has 0 aromatic heterocycles. The Morgan fingerprint density at radius 1 is 1.35 bits per heavy atom. The monoisotopic (exact) mass is 280 g/mol. The third-order valence-electron chi connectivity index (χ3n) is 2.84. The summed E-state index contributed by atoms with van der Waals surface area (Å²) in [5, 5.41) is 2.84. The molecule has 1 unspecified atom stereocenters. The zero-order chi connectivity index (χ0) is 14.8. The smallest absolute Gasteiger partial charge is 0.228 e. The minimum Gasteiger partial charge on any atom is -0.379 e. The van der Waals surface area contributed by atoms with Gasteiger partial charge in [0, 0.05) is 24.8 Å². The third kappa shape index (κ3) is 6.14. The van der Waals surface area contributed by atoms with E-state index in [0.717, 1.165) is 11.3 Å². The quantitative estimate of drug-likeness (QED) is 0.676. The van der Waals surface area contributed by atoms with E-state index in [1.165, 1.54) is 0 Å². The molecule has 0 saturated carbocycles. The van der Waals surface area contributed by atoms with Crippen LogP contribution in [0, 0.1) is 5.92 Å². The number of ether oxygens (including phenoxy) is 2. The Balaban J connectivity index is 2.43. The van der Waals surface area contributed by atoms with Crippen LogP contribution in [0.15, 0.2) is 24.3 Å². The van der Waals surface area contributed by atoms with Gasteiger partial charge in [0.25, 0.3) is 0 Å². The molecule has 0 spiro atoms. The van der Waals surface area contributed by atoms with Crippen molar-refractivity contribution >= 4 is 11.6 Å². The Kier molecular flexibility index (Phi) is 7.87. The van der Waals surface area contributed by atoms with Crippen molar-refractivity contribution in [3.63, 3.8) is 0 Å². The molecule has 0 heterocycles. The summed E-state index contributed by atoms with van der Waals surface area (Å²) in [6.45, 7) is 6.46. The lowest BCUT2D eigenvalue weighted by molar-refractivity contribution is -0.119. The highest BCUT2D eigenvalue weighted by Gasteiger charge is 2.10. The molecule has 0 fully saturated rings. The van der Waals surface area contributed by atoms with Crippen molar-refractivity contribution in [3.05, 3.63) is 29.8 Å². The maximum absolute atomic E-state index is 11.7. The van der Waals surface area contributed by atoms with Gasteiger partial charge in [-0.2, -0.15) is 0 Å². The van der Waals surface area contributed by atoms with E-state index in [0.29, 0.717) is 33.0 Å². The summed E-state index contributed by atoms with van der Waals surface area (Å²) in [7, 11) is 0. The number of nitrogens with one attached hydrogen (secondary N) is 1. The van der Waals surface area contributed by atoms with Crippen LogP contribution in [-0.2, 0) is 20.9 Å². The maximum atomic E-state index is 11.7. The summed E-state index contributed by atoms with van der Waals surface area (Å²) in [5.74, 6) is -0.261. The Morgan fingerprint density at radius 3 is 2.80 bits per heavy atom. The molecular formula is C15H24N2O3. The van der Waals surface area contributed by atoms with E-state index in [4.69, 9.17) is 15.2 Å². The molecule has 1 atom stereocenters. The van der Waals surface area contributed by atoms with Crippen molar-refractivity contribution in [2.75, 3.05) is 31.7 Å². The van der Waals surface area contributed by atoms with Gasteiger partial charge in [-0.3, -0.25) is 4.79 Å². The van der Waals surface area contributed by atoms with E-state index in [-0.39, 0.29) is 11.8 Å². The van der Waals surface area contributed by atoms with Gasteiger partial charge in [0.15, 0.2) is 0 Å². The number of rotatable bonds is 9. The molecule has 1 rings (SSSR count). The molecule has 1 aromatic carbocycles. The van der Waals surface area contributed by atoms with Crippen molar-refractivity contribution < 1.29 is 14.3 Å². The first kappa shape index (κ1) is 16.6. The number of carbonyl (C=O) groups is 1. The van der Waals surface area contributed by atoms with E-state index >= 15 is 0 Å². The minimum atomic E-state index is -0.193. The summed E-state index contributed by atoms with van der Waals surface area (Å²) < 4.78 is 10.7. The zero-order valence-electron chi connectivity index (χ0n) is 12.2. The fourth-order valence-corrected chi connectivity index (χ4v) is 1.56. The molecule has 5 heteroatoms. The maximum Gasteiger partial charge on any atom is 0.228 e. The summed E-state index contributed by atoms with van der Waals surface area (Å²) in [4.78, 5) is 11.7. The van der Waals surface area contributed by atoms with E-state index in [1.807, 2.05) is 31.2 Å². The molecule has 0 aliphatic heterocycles. The largest absolute Gasteiger partial charge is 0.379 e. The Morgan fingerprint density at radius 2 is 2.10 bits per heavy atom. The molecule has 0 aliphatic rings. The molecule has 1 aromatic rings. The summed E-state index contributed by atoms with van der Waals surface area (Å²) in [5.41, 5.74) is 7.25. The number of benzene rings is 1. The van der Waals surface area contributed by atoms with E-state index < -0.39 is 0 Å². The van der Waals surface area contributed by atoms with Gasteiger partial charge in [0.2, 0.25) is 5.91 Å². The predicted molar refractivity (Wildman–Crippen MR) is 79.4 cm³/mol. The van der Waals surface area contributed by atoms with Gasteiger partial charge in [0.1, 0.15) is 0 Å². The fourth-order valence-electron chi connectivity index (χ4n) is 1.56. The van der Waals surface area contributed by atoms with Crippen LogP contribution in [0.4, 0.5) is 5.69 Å². The van der Waals surface area contributed by atoms with Crippen LogP contribution in [0.25, 0.3) is 0 Å². The van der Waals surface area contributed by atoms with Crippen LogP contribution in [0.2, 0.25) is 0 Å². The van der Waals surface area contributed by atoms with Crippen LogP contribution in [0.5, 0.6) is 0 Å². The van der Waals surface area contributed by atoms with Gasteiger partial charge in [0.05, 0.1) is 19.8 Å². The number of carbonyl (C=O) groups excluding carboxylic acids is 1. The number of anilines is 1. The second-order valence-electron chi connectivity index (χ2n) is 4.58. The first-order valence-corrected chi connectivity index (χ1v) is 6.92. The molecular weight excluding hydrogens is 256 g/mol. The van der Waals surface area contributed by atoms with Crippen molar-refractivity contribution in [1.82, 2.24) is 0 Å². The summed E-state index contributed by atoms with van der Waals surface area (Å²) in [6.07, 6.45) is 0. The van der Waals surface area contributed by atoms with Crippen molar-refractivity contribution in [2.24, 2.45) is 11.7 Å². The number of hydrogen-bond acceptors (Lipinski definition) is 4. The van der Waals surface area contributed by atoms with Gasteiger partial charge < -0.3 is 20.5 Å². The Labute approximate surface area is 120 Å². The highest BCUT2D eigenvalue weighted by atomic mass is 16.5. The minimum absolute atomic E-state index is 0.0677. The van der Waals surface area contributed by atoms with Crippen LogP contribution in [-0.4, -0.2) is 32.3 Å². The lowest BCUT2D eigenvalue weighted by atomic mass is 10.1. The van der Waals surface area contributed by atoms with Crippen LogP contribution < -0.4 is 11.1 Å².